The number of nitro benzene ring substituents is 1. The summed E-state index contributed by atoms with van der Waals surface area (Å²) in [4.78, 5) is 22.8. The van der Waals surface area contributed by atoms with Gasteiger partial charge in [0.05, 0.1) is 4.92 Å². The molecule has 0 heterocycles. The van der Waals surface area contributed by atoms with Gasteiger partial charge in [-0.25, -0.2) is 0 Å². The zero-order valence-corrected chi connectivity index (χ0v) is 15.2. The van der Waals surface area contributed by atoms with Crippen LogP contribution < -0.4 is 5.32 Å². The van der Waals surface area contributed by atoms with Gasteiger partial charge in [0.2, 0.25) is 5.91 Å². The summed E-state index contributed by atoms with van der Waals surface area (Å²) in [5.74, 6) is 2.47. The number of nitro groups is 1. The molecule has 5 nitrogen and oxygen atoms in total. The summed E-state index contributed by atoms with van der Waals surface area (Å²) in [6, 6.07) is 6.50. The Labute approximate surface area is 154 Å². The van der Waals surface area contributed by atoms with Gasteiger partial charge in [0.1, 0.15) is 0 Å². The van der Waals surface area contributed by atoms with E-state index in [1.807, 2.05) is 0 Å². The Balaban J connectivity index is 1.40. The number of rotatable bonds is 5. The van der Waals surface area contributed by atoms with Gasteiger partial charge in [-0.3, -0.25) is 14.9 Å². The third-order valence-corrected chi connectivity index (χ3v) is 6.87. The van der Waals surface area contributed by atoms with Crippen LogP contribution in [0.25, 0.3) is 6.08 Å². The highest BCUT2D eigenvalue weighted by molar-refractivity contribution is 5.92. The fraction of sp³-hybridized carbons (Fsp3) is 0.571. The zero-order valence-electron chi connectivity index (χ0n) is 15.2. The lowest BCUT2D eigenvalue weighted by Gasteiger charge is -2.59. The van der Waals surface area contributed by atoms with E-state index >= 15 is 0 Å². The molecular formula is C21H26N2O3. The van der Waals surface area contributed by atoms with E-state index < -0.39 is 4.92 Å². The number of benzene rings is 1. The first-order valence-electron chi connectivity index (χ1n) is 9.66. The van der Waals surface area contributed by atoms with E-state index in [-0.39, 0.29) is 23.1 Å². The first kappa shape index (κ1) is 17.3. The Morgan fingerprint density at radius 1 is 1.23 bits per heavy atom. The monoisotopic (exact) mass is 354 g/mol. The minimum atomic E-state index is -0.424. The Kier molecular flexibility index (Phi) is 4.33. The van der Waals surface area contributed by atoms with Crippen LogP contribution in [0.4, 0.5) is 5.69 Å². The molecule has 1 amide bonds. The molecule has 4 aliphatic carbocycles. The molecule has 26 heavy (non-hydrogen) atoms. The van der Waals surface area contributed by atoms with Crippen LogP contribution in [0.1, 0.15) is 51.0 Å². The number of hydrogen-bond donors (Lipinski definition) is 1. The Hall–Kier alpha value is -2.17. The van der Waals surface area contributed by atoms with Gasteiger partial charge in [-0.2, -0.15) is 0 Å². The van der Waals surface area contributed by atoms with E-state index in [0.717, 1.165) is 17.8 Å². The van der Waals surface area contributed by atoms with Gasteiger partial charge in [0, 0.05) is 24.3 Å². The molecule has 0 radical (unpaired) electrons. The van der Waals surface area contributed by atoms with Crippen molar-refractivity contribution in [3.8, 4) is 0 Å². The second-order valence-electron chi connectivity index (χ2n) is 8.70. The quantitative estimate of drug-likeness (QED) is 0.486. The standard InChI is InChI=1S/C21H26N2O3/c1-14(21-11-16-7-17(12-21)9-18(8-16)13-21)22-20(24)6-5-15-3-2-4-19(10-15)23(25)26/h2-6,10,14,16-18H,7-9,11-13H2,1H3,(H,22,24)/b6-5+. The summed E-state index contributed by atoms with van der Waals surface area (Å²) in [7, 11) is 0. The first-order valence-corrected chi connectivity index (χ1v) is 9.66. The molecule has 0 aromatic heterocycles. The molecule has 4 bridgehead atoms. The van der Waals surface area contributed by atoms with Crippen molar-refractivity contribution < 1.29 is 9.72 Å². The van der Waals surface area contributed by atoms with Crippen molar-refractivity contribution in [1.29, 1.82) is 0 Å². The van der Waals surface area contributed by atoms with Gasteiger partial charge in [0.15, 0.2) is 0 Å². The topological polar surface area (TPSA) is 72.2 Å². The lowest BCUT2D eigenvalue weighted by atomic mass is 9.48. The summed E-state index contributed by atoms with van der Waals surface area (Å²) in [5.41, 5.74) is 0.982. The lowest BCUT2D eigenvalue weighted by Crippen LogP contribution is -2.55. The van der Waals surface area contributed by atoms with E-state index in [4.69, 9.17) is 0 Å². The van der Waals surface area contributed by atoms with Crippen LogP contribution in [-0.4, -0.2) is 16.9 Å². The fourth-order valence-electron chi connectivity index (χ4n) is 6.04. The van der Waals surface area contributed by atoms with Crippen LogP contribution in [-0.2, 0) is 4.79 Å². The lowest BCUT2D eigenvalue weighted by molar-refractivity contribution is -0.384. The molecule has 5 heteroatoms. The van der Waals surface area contributed by atoms with Crippen molar-refractivity contribution in [2.75, 3.05) is 0 Å². The first-order chi connectivity index (χ1) is 12.4. The summed E-state index contributed by atoms with van der Waals surface area (Å²) in [5, 5.41) is 14.0. The van der Waals surface area contributed by atoms with Crippen LogP contribution in [0.3, 0.4) is 0 Å². The minimum absolute atomic E-state index is 0.0366. The predicted molar refractivity (Wildman–Crippen MR) is 100 cm³/mol. The largest absolute Gasteiger partial charge is 0.350 e. The van der Waals surface area contributed by atoms with Crippen LogP contribution in [0, 0.1) is 33.3 Å². The van der Waals surface area contributed by atoms with E-state index in [0.29, 0.717) is 5.56 Å². The van der Waals surface area contributed by atoms with Gasteiger partial charge in [-0.1, -0.05) is 12.1 Å². The number of hydrogen-bond acceptors (Lipinski definition) is 3. The van der Waals surface area contributed by atoms with E-state index in [1.54, 1.807) is 18.2 Å². The van der Waals surface area contributed by atoms with E-state index in [9.17, 15) is 14.9 Å². The zero-order chi connectivity index (χ0) is 18.3. The maximum atomic E-state index is 12.4. The fourth-order valence-corrected chi connectivity index (χ4v) is 6.04. The van der Waals surface area contributed by atoms with Crippen molar-refractivity contribution in [3.05, 3.63) is 46.0 Å². The number of carbonyl (C=O) groups is 1. The molecule has 4 aliphatic rings. The SMILES string of the molecule is CC(NC(=O)/C=C/c1cccc([N+](=O)[O-])c1)C12CC3CC(CC(C3)C1)C2. The predicted octanol–water partition coefficient (Wildman–Crippen LogP) is 4.33. The highest BCUT2D eigenvalue weighted by Gasteiger charge is 2.53. The number of non-ortho nitro benzene ring substituents is 1. The van der Waals surface area contributed by atoms with Crippen LogP contribution in [0.15, 0.2) is 30.3 Å². The molecule has 1 atom stereocenters. The number of carbonyl (C=O) groups excluding carboxylic acids is 1. The average Bonchev–Trinajstić information content (AvgIpc) is 2.59. The van der Waals surface area contributed by atoms with Crippen molar-refractivity contribution >= 4 is 17.7 Å². The normalized spacial score (nSPS) is 33.3. The number of nitrogens with one attached hydrogen (secondary N) is 1. The van der Waals surface area contributed by atoms with E-state index in [2.05, 4.69) is 12.2 Å². The van der Waals surface area contributed by atoms with Gasteiger partial charge in [-0.05, 0) is 80.3 Å². The maximum Gasteiger partial charge on any atom is 0.270 e. The summed E-state index contributed by atoms with van der Waals surface area (Å²) >= 11 is 0. The van der Waals surface area contributed by atoms with Gasteiger partial charge >= 0.3 is 0 Å². The minimum Gasteiger partial charge on any atom is -0.350 e. The molecule has 0 aliphatic heterocycles. The third-order valence-electron chi connectivity index (χ3n) is 6.87. The molecule has 5 rings (SSSR count). The molecule has 138 valence electrons. The Morgan fingerprint density at radius 2 is 1.85 bits per heavy atom. The van der Waals surface area contributed by atoms with Crippen molar-refractivity contribution in [2.24, 2.45) is 23.2 Å². The van der Waals surface area contributed by atoms with Gasteiger partial charge in [0.25, 0.3) is 5.69 Å². The molecule has 1 aromatic rings. The second kappa shape index (κ2) is 6.53. The molecular weight excluding hydrogens is 328 g/mol. The smallest absolute Gasteiger partial charge is 0.270 e. The summed E-state index contributed by atoms with van der Waals surface area (Å²) in [6.07, 6.45) is 11.1. The highest BCUT2D eigenvalue weighted by atomic mass is 16.6. The molecule has 1 N–H and O–H groups in total. The summed E-state index contributed by atoms with van der Waals surface area (Å²) < 4.78 is 0. The maximum absolute atomic E-state index is 12.4. The van der Waals surface area contributed by atoms with Crippen LogP contribution >= 0.6 is 0 Å². The van der Waals surface area contributed by atoms with E-state index in [1.165, 1.54) is 56.7 Å². The second-order valence-corrected chi connectivity index (χ2v) is 8.70. The average molecular weight is 354 g/mol. The third kappa shape index (κ3) is 3.27. The van der Waals surface area contributed by atoms with Crippen molar-refractivity contribution in [2.45, 2.75) is 51.5 Å². The van der Waals surface area contributed by atoms with Crippen LogP contribution in [0.5, 0.6) is 0 Å². The number of nitrogens with zero attached hydrogens (tertiary/aromatic N) is 1. The molecule has 4 saturated carbocycles. The molecule has 1 aromatic carbocycles. The summed E-state index contributed by atoms with van der Waals surface area (Å²) in [6.45, 7) is 2.16. The van der Waals surface area contributed by atoms with Gasteiger partial charge in [-0.15, -0.1) is 0 Å². The molecule has 1 unspecified atom stereocenters. The van der Waals surface area contributed by atoms with Crippen LogP contribution in [0.2, 0.25) is 0 Å². The molecule has 0 saturated heterocycles. The Morgan fingerprint density at radius 3 is 2.42 bits per heavy atom. The van der Waals surface area contributed by atoms with Gasteiger partial charge < -0.3 is 5.32 Å². The Bertz CT molecular complexity index is 720. The molecule has 0 spiro atoms. The van der Waals surface area contributed by atoms with Crippen molar-refractivity contribution in [3.63, 3.8) is 0 Å². The number of amides is 1. The van der Waals surface area contributed by atoms with Crippen molar-refractivity contribution in [1.82, 2.24) is 5.32 Å². The highest BCUT2D eigenvalue weighted by Crippen LogP contribution is 2.61. The molecule has 4 fully saturated rings.